The topological polar surface area (TPSA) is 71.0 Å². The van der Waals surface area contributed by atoms with Crippen molar-refractivity contribution in [2.45, 2.75) is 45.0 Å². The molecule has 11 heteroatoms. The minimum Gasteiger partial charge on any atom is -0.392 e. The van der Waals surface area contributed by atoms with Gasteiger partial charge >= 0.3 is 0 Å². The normalized spacial score (nSPS) is 20.5. The lowest BCUT2D eigenvalue weighted by molar-refractivity contribution is -0.276. The number of amides is 1. The van der Waals surface area contributed by atoms with Gasteiger partial charge < -0.3 is 19.9 Å². The lowest BCUT2D eigenvalue weighted by atomic mass is 9.89. The molecule has 1 fully saturated rings. The molecule has 46 heavy (non-hydrogen) atoms. The molecule has 0 radical (unpaired) electrons. The first kappa shape index (κ1) is 33.2. The maximum absolute atomic E-state index is 14.2. The van der Waals surface area contributed by atoms with E-state index in [-0.39, 0.29) is 36.5 Å². The van der Waals surface area contributed by atoms with Crippen LogP contribution in [-0.4, -0.2) is 35.6 Å². The minimum absolute atomic E-state index is 0.0472. The Labute approximate surface area is 263 Å². The number of anilines is 1. The Morgan fingerprint density at radius 3 is 1.98 bits per heavy atom. The summed E-state index contributed by atoms with van der Waals surface area (Å²) in [4.78, 5) is 14.7. The third-order valence-electron chi connectivity index (χ3n) is 8.41. The summed E-state index contributed by atoms with van der Waals surface area (Å²) in [5.41, 5.74) is 1.85. The molecular formula is C35H33F5N2O4. The van der Waals surface area contributed by atoms with Gasteiger partial charge in [0.05, 0.1) is 18.8 Å². The standard InChI is InChI=1S/C35H33F5N2O4/c1-19-26(17-42(3)20(2)22-7-5-4-6-8-22)45-35(46-33(19)23-11-9-21(18-43)10-12-23)24-13-15-25(16-14-24)41-34(44)27-28(36)30(38)32(40)31(39)29(27)37/h4-16,19-20,26,33,35,43H,17-18H2,1-3H3,(H,41,44)/t19-,20-,26+,33+,35+/m0/s1. The summed E-state index contributed by atoms with van der Waals surface area (Å²) in [6, 6.07) is 23.6. The Hall–Kier alpha value is -4.16. The Morgan fingerprint density at radius 1 is 0.826 bits per heavy atom. The molecule has 5 rings (SSSR count). The molecule has 4 aromatic rings. The van der Waals surface area contributed by atoms with Crippen LogP contribution in [0.2, 0.25) is 0 Å². The number of aliphatic hydroxyl groups is 1. The summed E-state index contributed by atoms with van der Waals surface area (Å²) in [6.45, 7) is 4.63. The number of halogens is 5. The number of aliphatic hydroxyl groups excluding tert-OH is 1. The second-order valence-electron chi connectivity index (χ2n) is 11.4. The number of hydrogen-bond acceptors (Lipinski definition) is 5. The zero-order valence-corrected chi connectivity index (χ0v) is 25.3. The van der Waals surface area contributed by atoms with Gasteiger partial charge in [-0.05, 0) is 42.8 Å². The number of likely N-dealkylation sites (N-methyl/N-ethyl adjacent to an activating group) is 1. The average molecular weight is 641 g/mol. The smallest absolute Gasteiger partial charge is 0.261 e. The number of nitrogens with one attached hydrogen (secondary N) is 1. The van der Waals surface area contributed by atoms with Crippen molar-refractivity contribution in [1.29, 1.82) is 0 Å². The van der Waals surface area contributed by atoms with Crippen LogP contribution in [0.5, 0.6) is 0 Å². The van der Waals surface area contributed by atoms with Crippen LogP contribution in [0.15, 0.2) is 78.9 Å². The molecule has 6 nitrogen and oxygen atoms in total. The molecule has 1 saturated heterocycles. The summed E-state index contributed by atoms with van der Waals surface area (Å²) < 4.78 is 82.0. The molecule has 0 aromatic heterocycles. The Balaban J connectivity index is 1.38. The number of benzene rings is 4. The second-order valence-corrected chi connectivity index (χ2v) is 11.4. The predicted octanol–water partition coefficient (Wildman–Crippen LogP) is 7.61. The molecule has 0 saturated carbocycles. The average Bonchev–Trinajstić information content (AvgIpc) is 3.08. The first-order valence-corrected chi connectivity index (χ1v) is 14.7. The number of carbonyl (C=O) groups is 1. The Morgan fingerprint density at radius 2 is 1.39 bits per heavy atom. The number of ether oxygens (including phenoxy) is 2. The van der Waals surface area contributed by atoms with Crippen LogP contribution in [0.1, 0.15) is 64.9 Å². The Bertz CT molecular complexity index is 1640. The van der Waals surface area contributed by atoms with Gasteiger partial charge in [0, 0.05) is 29.8 Å². The highest BCUT2D eigenvalue weighted by atomic mass is 19.2. The van der Waals surface area contributed by atoms with E-state index < -0.39 is 46.8 Å². The lowest BCUT2D eigenvalue weighted by Crippen LogP contribution is -2.44. The first-order valence-electron chi connectivity index (χ1n) is 14.7. The number of rotatable bonds is 9. The molecule has 1 aliphatic rings. The van der Waals surface area contributed by atoms with Crippen LogP contribution in [0.3, 0.4) is 0 Å². The summed E-state index contributed by atoms with van der Waals surface area (Å²) in [7, 11) is 2.02. The highest BCUT2D eigenvalue weighted by Gasteiger charge is 2.39. The minimum atomic E-state index is -2.35. The third kappa shape index (κ3) is 6.82. The van der Waals surface area contributed by atoms with Gasteiger partial charge in [0.2, 0.25) is 5.82 Å². The van der Waals surface area contributed by atoms with Gasteiger partial charge in [-0.2, -0.15) is 0 Å². The molecule has 1 amide bonds. The largest absolute Gasteiger partial charge is 0.392 e. The van der Waals surface area contributed by atoms with E-state index in [1.807, 2.05) is 56.4 Å². The van der Waals surface area contributed by atoms with Crippen molar-refractivity contribution in [3.8, 4) is 0 Å². The molecule has 0 aliphatic carbocycles. The summed E-state index contributed by atoms with van der Waals surface area (Å²) in [6.07, 6.45) is -1.51. The van der Waals surface area contributed by atoms with E-state index in [2.05, 4.69) is 29.3 Å². The highest BCUT2D eigenvalue weighted by molar-refractivity contribution is 6.04. The molecule has 0 unspecified atom stereocenters. The van der Waals surface area contributed by atoms with E-state index in [1.165, 1.54) is 12.1 Å². The van der Waals surface area contributed by atoms with E-state index in [1.54, 1.807) is 12.1 Å². The van der Waals surface area contributed by atoms with E-state index in [0.29, 0.717) is 12.1 Å². The number of nitrogens with zero attached hydrogens (tertiary/aromatic N) is 1. The van der Waals surface area contributed by atoms with Gasteiger partial charge in [0.1, 0.15) is 5.56 Å². The molecule has 1 aliphatic heterocycles. The molecule has 0 spiro atoms. The molecule has 0 bridgehead atoms. The fraction of sp³-hybridized carbons (Fsp3) is 0.286. The molecule has 4 aromatic carbocycles. The van der Waals surface area contributed by atoms with Crippen molar-refractivity contribution in [2.24, 2.45) is 5.92 Å². The second kappa shape index (κ2) is 14.1. The predicted molar refractivity (Wildman–Crippen MR) is 161 cm³/mol. The number of carbonyl (C=O) groups excluding carboxylic acids is 1. The highest BCUT2D eigenvalue weighted by Crippen LogP contribution is 2.42. The van der Waals surface area contributed by atoms with Crippen molar-refractivity contribution in [3.05, 3.63) is 136 Å². The first-order chi connectivity index (χ1) is 22.0. The zero-order valence-electron chi connectivity index (χ0n) is 25.3. The maximum atomic E-state index is 14.2. The molecule has 5 atom stereocenters. The van der Waals surface area contributed by atoms with Crippen molar-refractivity contribution in [1.82, 2.24) is 4.90 Å². The summed E-state index contributed by atoms with van der Waals surface area (Å²) >= 11 is 0. The van der Waals surface area contributed by atoms with Crippen LogP contribution in [0, 0.1) is 35.0 Å². The van der Waals surface area contributed by atoms with Crippen molar-refractivity contribution in [2.75, 3.05) is 18.9 Å². The van der Waals surface area contributed by atoms with Gasteiger partial charge in [-0.25, -0.2) is 22.0 Å². The zero-order chi connectivity index (χ0) is 33.1. The van der Waals surface area contributed by atoms with E-state index >= 15 is 0 Å². The van der Waals surface area contributed by atoms with Crippen LogP contribution in [0.4, 0.5) is 27.6 Å². The van der Waals surface area contributed by atoms with Gasteiger partial charge in [-0.3, -0.25) is 9.69 Å². The maximum Gasteiger partial charge on any atom is 0.261 e. The molecule has 242 valence electrons. The summed E-state index contributed by atoms with van der Waals surface area (Å²) in [5.74, 6) is -12.8. The SMILES string of the molecule is C[C@H]1[C@@H](CN(C)[C@@H](C)c2ccccc2)O[C@@H](c2ccc(NC(=O)c3c(F)c(F)c(F)c(F)c3F)cc2)O[C@H]1c1ccc(CO)cc1. The van der Waals surface area contributed by atoms with Crippen molar-refractivity contribution < 1.29 is 41.3 Å². The van der Waals surface area contributed by atoms with Gasteiger partial charge in [0.25, 0.3) is 5.91 Å². The molecule has 2 N–H and O–H groups in total. The van der Waals surface area contributed by atoms with E-state index in [0.717, 1.165) is 16.7 Å². The van der Waals surface area contributed by atoms with Crippen molar-refractivity contribution >= 4 is 11.6 Å². The van der Waals surface area contributed by atoms with Gasteiger partial charge in [-0.15, -0.1) is 0 Å². The summed E-state index contributed by atoms with van der Waals surface area (Å²) in [5, 5.41) is 11.7. The van der Waals surface area contributed by atoms with Crippen LogP contribution >= 0.6 is 0 Å². The third-order valence-corrected chi connectivity index (χ3v) is 8.41. The van der Waals surface area contributed by atoms with Crippen molar-refractivity contribution in [3.63, 3.8) is 0 Å². The fourth-order valence-electron chi connectivity index (χ4n) is 5.48. The lowest BCUT2D eigenvalue weighted by Gasteiger charge is -2.43. The number of hydrogen-bond donors (Lipinski definition) is 2. The Kier molecular flexibility index (Phi) is 10.2. The quantitative estimate of drug-likeness (QED) is 0.112. The molecular weight excluding hydrogens is 607 g/mol. The fourth-order valence-corrected chi connectivity index (χ4v) is 5.48. The van der Waals surface area contributed by atoms with Gasteiger partial charge in [0.15, 0.2) is 29.6 Å². The molecule has 1 heterocycles. The van der Waals surface area contributed by atoms with Crippen LogP contribution < -0.4 is 5.32 Å². The van der Waals surface area contributed by atoms with Crippen LogP contribution in [0.25, 0.3) is 0 Å². The van der Waals surface area contributed by atoms with Gasteiger partial charge in [-0.1, -0.05) is 73.7 Å². The van der Waals surface area contributed by atoms with E-state index in [4.69, 9.17) is 9.47 Å². The monoisotopic (exact) mass is 640 g/mol. The van der Waals surface area contributed by atoms with E-state index in [9.17, 15) is 31.9 Å². The van der Waals surface area contributed by atoms with Crippen LogP contribution in [-0.2, 0) is 16.1 Å².